The van der Waals surface area contributed by atoms with E-state index >= 15 is 0 Å². The van der Waals surface area contributed by atoms with Gasteiger partial charge in [-0.05, 0) is 44.0 Å². The lowest BCUT2D eigenvalue weighted by molar-refractivity contribution is -0.121. The number of carbonyl (C=O) groups is 1. The van der Waals surface area contributed by atoms with Crippen LogP contribution in [0, 0.1) is 17.2 Å². The Labute approximate surface area is 175 Å². The van der Waals surface area contributed by atoms with Gasteiger partial charge in [0.1, 0.15) is 5.54 Å². The minimum Gasteiger partial charge on any atom is -0.337 e. The molecule has 6 nitrogen and oxygen atoms in total. The van der Waals surface area contributed by atoms with Crippen LogP contribution in [0.4, 0.5) is 0 Å². The maximum Gasteiger partial charge on any atom is 0.234 e. The average Bonchev–Trinajstić information content (AvgIpc) is 3.04. The van der Waals surface area contributed by atoms with E-state index in [0.29, 0.717) is 22.5 Å². The maximum absolute atomic E-state index is 12.6. The van der Waals surface area contributed by atoms with Crippen molar-refractivity contribution in [3.63, 3.8) is 0 Å². The fourth-order valence-corrected chi connectivity index (χ4v) is 3.34. The number of carbonyl (C=O) groups excluding carboxylic acids is 1. The van der Waals surface area contributed by atoms with Crippen molar-refractivity contribution < 1.29 is 4.79 Å². The number of amides is 1. The van der Waals surface area contributed by atoms with Gasteiger partial charge < -0.3 is 5.32 Å². The lowest BCUT2D eigenvalue weighted by Crippen LogP contribution is -2.51. The molecule has 0 bridgehead atoms. The Kier molecular flexibility index (Phi) is 7.28. The molecular formula is C20H24ClN5OS. The zero-order valence-corrected chi connectivity index (χ0v) is 18.0. The van der Waals surface area contributed by atoms with E-state index in [1.54, 1.807) is 32.1 Å². The summed E-state index contributed by atoms with van der Waals surface area (Å²) < 4.78 is 1.90. The normalized spacial score (nSPS) is 14.2. The molecule has 0 aliphatic carbocycles. The summed E-state index contributed by atoms with van der Waals surface area (Å²) in [5.41, 5.74) is -0.0469. The van der Waals surface area contributed by atoms with E-state index in [-0.39, 0.29) is 11.8 Å². The van der Waals surface area contributed by atoms with E-state index in [9.17, 15) is 10.1 Å². The van der Waals surface area contributed by atoms with Gasteiger partial charge >= 0.3 is 0 Å². The number of hydrogen-bond acceptors (Lipinski definition) is 5. The lowest BCUT2D eigenvalue weighted by Gasteiger charge is -2.28. The van der Waals surface area contributed by atoms with Crippen molar-refractivity contribution in [2.24, 2.45) is 5.92 Å². The molecule has 2 atom stereocenters. The third kappa shape index (κ3) is 4.94. The van der Waals surface area contributed by atoms with Crippen molar-refractivity contribution in [1.29, 1.82) is 5.26 Å². The van der Waals surface area contributed by atoms with Gasteiger partial charge in [-0.1, -0.05) is 43.3 Å². The first-order chi connectivity index (χ1) is 13.2. The van der Waals surface area contributed by atoms with Crippen LogP contribution in [-0.4, -0.2) is 31.5 Å². The van der Waals surface area contributed by atoms with Gasteiger partial charge in [0.05, 0.1) is 11.3 Å². The van der Waals surface area contributed by atoms with Crippen LogP contribution in [0.2, 0.25) is 5.02 Å². The summed E-state index contributed by atoms with van der Waals surface area (Å²) >= 11 is 7.26. The van der Waals surface area contributed by atoms with Crippen molar-refractivity contribution in [2.45, 2.75) is 50.2 Å². The Bertz CT molecular complexity index is 887. The van der Waals surface area contributed by atoms with E-state index in [4.69, 9.17) is 11.6 Å². The van der Waals surface area contributed by atoms with Crippen LogP contribution in [0.25, 0.3) is 11.4 Å². The quantitative estimate of drug-likeness (QED) is 0.510. The second-order valence-corrected chi connectivity index (χ2v) is 8.67. The molecule has 2 unspecified atom stereocenters. The highest BCUT2D eigenvalue weighted by Gasteiger charge is 2.32. The second kappa shape index (κ2) is 9.26. The summed E-state index contributed by atoms with van der Waals surface area (Å²) in [6.07, 6.45) is 1.75. The summed E-state index contributed by atoms with van der Waals surface area (Å²) in [4.78, 5) is 12.6. The van der Waals surface area contributed by atoms with Crippen molar-refractivity contribution in [1.82, 2.24) is 20.1 Å². The minimum absolute atomic E-state index is 0.0143. The summed E-state index contributed by atoms with van der Waals surface area (Å²) in [5.74, 6) is 0.444. The van der Waals surface area contributed by atoms with Gasteiger partial charge in [0.25, 0.3) is 0 Å². The molecular weight excluding hydrogens is 394 g/mol. The molecule has 2 rings (SSSR count). The van der Waals surface area contributed by atoms with Crippen LogP contribution in [-0.2, 0) is 11.3 Å². The van der Waals surface area contributed by atoms with Gasteiger partial charge in [-0.3, -0.25) is 9.36 Å². The molecule has 1 aromatic carbocycles. The highest BCUT2D eigenvalue weighted by Crippen LogP contribution is 2.28. The van der Waals surface area contributed by atoms with E-state index in [1.165, 1.54) is 11.8 Å². The summed E-state index contributed by atoms with van der Waals surface area (Å²) in [5, 5.41) is 21.6. The molecule has 0 radical (unpaired) electrons. The van der Waals surface area contributed by atoms with E-state index in [1.807, 2.05) is 30.5 Å². The van der Waals surface area contributed by atoms with E-state index in [2.05, 4.69) is 28.2 Å². The second-order valence-electron chi connectivity index (χ2n) is 6.93. The van der Waals surface area contributed by atoms with Crippen molar-refractivity contribution in [3.05, 3.63) is 41.9 Å². The van der Waals surface area contributed by atoms with Crippen molar-refractivity contribution >= 4 is 29.3 Å². The molecule has 0 aliphatic heterocycles. The third-order valence-electron chi connectivity index (χ3n) is 4.55. The largest absolute Gasteiger partial charge is 0.337 e. The van der Waals surface area contributed by atoms with Gasteiger partial charge in [0, 0.05) is 17.1 Å². The molecule has 1 heterocycles. The predicted octanol–water partition coefficient (Wildman–Crippen LogP) is 4.32. The predicted molar refractivity (Wildman–Crippen MR) is 113 cm³/mol. The minimum atomic E-state index is -0.921. The monoisotopic (exact) mass is 417 g/mol. The smallest absolute Gasteiger partial charge is 0.234 e. The molecule has 28 heavy (non-hydrogen) atoms. The zero-order valence-electron chi connectivity index (χ0n) is 16.4. The summed E-state index contributed by atoms with van der Waals surface area (Å²) in [6.45, 7) is 11.6. The Morgan fingerprint density at radius 3 is 2.57 bits per heavy atom. The molecule has 1 amide bonds. The van der Waals surface area contributed by atoms with Gasteiger partial charge in [0.2, 0.25) is 5.91 Å². The maximum atomic E-state index is 12.6. The van der Waals surface area contributed by atoms with Gasteiger partial charge in [0.15, 0.2) is 11.0 Å². The topological polar surface area (TPSA) is 83.6 Å². The van der Waals surface area contributed by atoms with Crippen LogP contribution in [0.3, 0.4) is 0 Å². The molecule has 0 saturated carbocycles. The number of halogens is 1. The molecule has 0 aliphatic rings. The molecule has 148 valence electrons. The van der Waals surface area contributed by atoms with Crippen LogP contribution < -0.4 is 5.32 Å². The number of thioether (sulfide) groups is 1. The SMILES string of the molecule is C=CCn1c(SC(C)C(=O)NC(C)(C#N)C(C)C)nnc1-c1ccc(Cl)cc1. The summed E-state index contributed by atoms with van der Waals surface area (Å²) in [6, 6.07) is 9.52. The molecule has 0 fully saturated rings. The molecule has 8 heteroatoms. The third-order valence-corrected chi connectivity index (χ3v) is 5.88. The fraction of sp³-hybridized carbons (Fsp3) is 0.400. The first-order valence-corrected chi connectivity index (χ1v) is 10.2. The standard InChI is InChI=1S/C20H24ClN5OS/c1-6-11-26-17(15-7-9-16(21)10-8-15)24-25-19(26)28-14(4)18(27)23-20(5,12-22)13(2)3/h6-10,13-14H,1,11H2,2-5H3,(H,23,27). The van der Waals surface area contributed by atoms with Gasteiger partial charge in [-0.2, -0.15) is 5.26 Å². The molecule has 0 spiro atoms. The Hall–Kier alpha value is -2.30. The van der Waals surface area contributed by atoms with Crippen LogP contribution in [0.5, 0.6) is 0 Å². The fourth-order valence-electron chi connectivity index (χ4n) is 2.35. The van der Waals surface area contributed by atoms with Crippen LogP contribution in [0.15, 0.2) is 42.1 Å². The van der Waals surface area contributed by atoms with E-state index in [0.717, 1.165) is 5.56 Å². The van der Waals surface area contributed by atoms with Gasteiger partial charge in [-0.15, -0.1) is 16.8 Å². The number of rotatable bonds is 8. The lowest BCUT2D eigenvalue weighted by atomic mass is 9.90. The molecule has 1 N–H and O–H groups in total. The van der Waals surface area contributed by atoms with Crippen molar-refractivity contribution in [2.75, 3.05) is 0 Å². The van der Waals surface area contributed by atoms with Gasteiger partial charge in [-0.25, -0.2) is 0 Å². The molecule has 1 aromatic heterocycles. The number of allylic oxidation sites excluding steroid dienone is 1. The van der Waals surface area contributed by atoms with Crippen LogP contribution >= 0.6 is 23.4 Å². The average molecular weight is 418 g/mol. The Morgan fingerprint density at radius 1 is 1.39 bits per heavy atom. The molecule has 2 aromatic rings. The summed E-state index contributed by atoms with van der Waals surface area (Å²) in [7, 11) is 0. The number of nitrogens with one attached hydrogen (secondary N) is 1. The number of nitrogens with zero attached hydrogens (tertiary/aromatic N) is 4. The Balaban J connectivity index is 2.23. The number of benzene rings is 1. The highest BCUT2D eigenvalue weighted by atomic mass is 35.5. The molecule has 0 saturated heterocycles. The Morgan fingerprint density at radius 2 is 2.04 bits per heavy atom. The zero-order chi connectivity index (χ0) is 20.9. The number of nitriles is 1. The highest BCUT2D eigenvalue weighted by molar-refractivity contribution is 8.00. The first-order valence-electron chi connectivity index (χ1n) is 8.91. The van der Waals surface area contributed by atoms with Crippen molar-refractivity contribution in [3.8, 4) is 17.5 Å². The number of aromatic nitrogens is 3. The number of hydrogen-bond donors (Lipinski definition) is 1. The van der Waals surface area contributed by atoms with Crippen LogP contribution in [0.1, 0.15) is 27.7 Å². The first kappa shape index (κ1) is 22.0. The van der Waals surface area contributed by atoms with E-state index < -0.39 is 10.8 Å².